The number of pyridine rings is 1. The highest BCUT2D eigenvalue weighted by molar-refractivity contribution is 5.48. The second-order valence-electron chi connectivity index (χ2n) is 4.85. The molecule has 1 fully saturated rings. The molecule has 0 bridgehead atoms. The van der Waals surface area contributed by atoms with E-state index < -0.39 is 11.6 Å². The van der Waals surface area contributed by atoms with Gasteiger partial charge in [0.25, 0.3) is 0 Å². The molecule has 17 heavy (non-hydrogen) atoms. The fourth-order valence-corrected chi connectivity index (χ4v) is 1.79. The summed E-state index contributed by atoms with van der Waals surface area (Å²) in [5, 5.41) is 0. The van der Waals surface area contributed by atoms with Gasteiger partial charge in [0.2, 0.25) is 0 Å². The fourth-order valence-electron chi connectivity index (χ4n) is 1.79. The van der Waals surface area contributed by atoms with Crippen molar-refractivity contribution < 1.29 is 8.78 Å². The summed E-state index contributed by atoms with van der Waals surface area (Å²) in [6.45, 7) is 4.68. The van der Waals surface area contributed by atoms with Gasteiger partial charge in [-0.05, 0) is 32.6 Å². The van der Waals surface area contributed by atoms with Gasteiger partial charge in [0.1, 0.15) is 0 Å². The molecule has 2 N–H and O–H groups in total. The first-order chi connectivity index (χ1) is 7.99. The second kappa shape index (κ2) is 4.47. The summed E-state index contributed by atoms with van der Waals surface area (Å²) in [5.41, 5.74) is 5.39. The number of hydrogen-bond donors (Lipinski definition) is 1. The van der Waals surface area contributed by atoms with Crippen molar-refractivity contribution in [2.75, 3.05) is 17.2 Å². The Balaban J connectivity index is 2.30. The number of halogens is 2. The highest BCUT2D eigenvalue weighted by Crippen LogP contribution is 2.33. The smallest absolute Gasteiger partial charge is 0.168 e. The summed E-state index contributed by atoms with van der Waals surface area (Å²) in [6.07, 6.45) is 2.34. The molecule has 5 heteroatoms. The number of aromatic nitrogens is 1. The van der Waals surface area contributed by atoms with Crippen LogP contribution in [0.5, 0.6) is 0 Å². The molecule has 0 atom stereocenters. The van der Waals surface area contributed by atoms with Crippen molar-refractivity contribution in [1.82, 2.24) is 4.98 Å². The summed E-state index contributed by atoms with van der Waals surface area (Å²) in [5.74, 6) is -0.939. The molecule has 1 heterocycles. The van der Waals surface area contributed by atoms with Crippen molar-refractivity contribution in [3.63, 3.8) is 0 Å². The molecule has 1 aliphatic carbocycles. The number of nitrogens with zero attached hydrogens (tertiary/aromatic N) is 2. The van der Waals surface area contributed by atoms with Gasteiger partial charge < -0.3 is 10.6 Å². The van der Waals surface area contributed by atoms with E-state index in [0.717, 1.165) is 12.6 Å². The minimum absolute atomic E-state index is 0.113. The van der Waals surface area contributed by atoms with Crippen LogP contribution in [-0.4, -0.2) is 17.6 Å². The maximum Gasteiger partial charge on any atom is 0.168 e. The van der Waals surface area contributed by atoms with Gasteiger partial charge in [-0.1, -0.05) is 0 Å². The molecule has 0 saturated heterocycles. The van der Waals surface area contributed by atoms with Crippen LogP contribution in [0.2, 0.25) is 0 Å². The highest BCUT2D eigenvalue weighted by Gasteiger charge is 2.28. The van der Waals surface area contributed by atoms with Gasteiger partial charge in [-0.3, -0.25) is 0 Å². The average molecular weight is 241 g/mol. The van der Waals surface area contributed by atoms with Gasteiger partial charge in [-0.15, -0.1) is 0 Å². The van der Waals surface area contributed by atoms with Crippen molar-refractivity contribution in [1.29, 1.82) is 0 Å². The lowest BCUT2D eigenvalue weighted by atomic mass is 10.2. The predicted octanol–water partition coefficient (Wildman–Crippen LogP) is 2.57. The minimum atomic E-state index is -0.804. The fraction of sp³-hybridized carbons (Fsp3) is 0.583. The monoisotopic (exact) mass is 241 g/mol. The zero-order chi connectivity index (χ0) is 12.6. The van der Waals surface area contributed by atoms with Crippen molar-refractivity contribution >= 4 is 11.6 Å². The Morgan fingerprint density at radius 3 is 2.59 bits per heavy atom. The first kappa shape index (κ1) is 12.1. The molecule has 2 rings (SSSR count). The number of hydrogen-bond acceptors (Lipinski definition) is 3. The first-order valence-electron chi connectivity index (χ1n) is 5.87. The molecule has 0 spiro atoms. The van der Waals surface area contributed by atoms with E-state index in [4.69, 9.17) is 5.73 Å². The Hall–Kier alpha value is -1.39. The van der Waals surface area contributed by atoms with Crippen molar-refractivity contribution in [3.8, 4) is 0 Å². The molecule has 0 aliphatic heterocycles. The average Bonchev–Trinajstić information content (AvgIpc) is 3.04. The standard InChI is InChI=1S/C12H17F2N3/c1-7(2)17(6-8-3-4-8)12-10(14)5-9(13)11(15)16-12/h5,7-8H,3-4,6H2,1-2H3,(H2,15,16). The lowest BCUT2D eigenvalue weighted by Gasteiger charge is -2.28. The van der Waals surface area contributed by atoms with Gasteiger partial charge in [0.05, 0.1) is 0 Å². The topological polar surface area (TPSA) is 42.2 Å². The Kier molecular flexibility index (Phi) is 3.17. The van der Waals surface area contributed by atoms with Crippen LogP contribution in [0.4, 0.5) is 20.4 Å². The van der Waals surface area contributed by atoms with Crippen LogP contribution >= 0.6 is 0 Å². The third-order valence-electron chi connectivity index (χ3n) is 2.99. The number of nitrogens with two attached hydrogens (primary N) is 1. The Morgan fingerprint density at radius 2 is 2.06 bits per heavy atom. The van der Waals surface area contributed by atoms with Crippen molar-refractivity contribution in [2.45, 2.75) is 32.7 Å². The van der Waals surface area contributed by atoms with E-state index in [1.54, 1.807) is 0 Å². The summed E-state index contributed by atoms with van der Waals surface area (Å²) < 4.78 is 26.8. The van der Waals surface area contributed by atoms with Crippen LogP contribution in [0.3, 0.4) is 0 Å². The molecular formula is C12H17F2N3. The Bertz CT molecular complexity index is 416. The normalized spacial score (nSPS) is 15.4. The molecule has 1 aromatic rings. The van der Waals surface area contributed by atoms with Crippen LogP contribution in [-0.2, 0) is 0 Å². The van der Waals surface area contributed by atoms with E-state index in [0.29, 0.717) is 5.92 Å². The van der Waals surface area contributed by atoms with Crippen molar-refractivity contribution in [2.24, 2.45) is 5.92 Å². The quantitative estimate of drug-likeness (QED) is 0.881. The number of nitrogen functional groups attached to an aromatic ring is 1. The molecule has 0 radical (unpaired) electrons. The Morgan fingerprint density at radius 1 is 1.41 bits per heavy atom. The van der Waals surface area contributed by atoms with Crippen LogP contribution in [0.25, 0.3) is 0 Å². The summed E-state index contributed by atoms with van der Waals surface area (Å²) in [7, 11) is 0. The maximum absolute atomic E-state index is 13.7. The third-order valence-corrected chi connectivity index (χ3v) is 2.99. The van der Waals surface area contributed by atoms with Gasteiger partial charge in [0.15, 0.2) is 23.3 Å². The molecule has 0 amide bonds. The minimum Gasteiger partial charge on any atom is -0.381 e. The summed E-state index contributed by atoms with van der Waals surface area (Å²) in [6, 6.07) is 0.919. The lowest BCUT2D eigenvalue weighted by Crippen LogP contribution is -2.34. The number of rotatable bonds is 4. The molecule has 1 aliphatic rings. The molecule has 94 valence electrons. The summed E-state index contributed by atoms with van der Waals surface area (Å²) >= 11 is 0. The highest BCUT2D eigenvalue weighted by atomic mass is 19.1. The molecule has 1 saturated carbocycles. The van der Waals surface area contributed by atoms with Crippen molar-refractivity contribution in [3.05, 3.63) is 17.7 Å². The van der Waals surface area contributed by atoms with E-state index in [9.17, 15) is 8.78 Å². The molecule has 0 aromatic carbocycles. The van der Waals surface area contributed by atoms with Crippen LogP contribution in [0, 0.1) is 17.6 Å². The van der Waals surface area contributed by atoms with E-state index in [-0.39, 0.29) is 17.7 Å². The van der Waals surface area contributed by atoms with Crippen LogP contribution in [0.1, 0.15) is 26.7 Å². The number of anilines is 2. The van der Waals surface area contributed by atoms with Gasteiger partial charge in [0, 0.05) is 18.7 Å². The van der Waals surface area contributed by atoms with E-state index in [1.165, 1.54) is 12.8 Å². The van der Waals surface area contributed by atoms with E-state index in [1.807, 2.05) is 18.7 Å². The zero-order valence-corrected chi connectivity index (χ0v) is 10.1. The van der Waals surface area contributed by atoms with Gasteiger partial charge in [-0.2, -0.15) is 0 Å². The lowest BCUT2D eigenvalue weighted by molar-refractivity contribution is 0.554. The second-order valence-corrected chi connectivity index (χ2v) is 4.85. The van der Waals surface area contributed by atoms with Gasteiger partial charge >= 0.3 is 0 Å². The van der Waals surface area contributed by atoms with E-state index in [2.05, 4.69) is 4.98 Å². The van der Waals surface area contributed by atoms with Gasteiger partial charge in [-0.25, -0.2) is 13.8 Å². The van der Waals surface area contributed by atoms with Crippen LogP contribution < -0.4 is 10.6 Å². The maximum atomic E-state index is 13.7. The first-order valence-corrected chi connectivity index (χ1v) is 5.87. The SMILES string of the molecule is CC(C)N(CC1CC1)c1nc(N)c(F)cc1F. The van der Waals surface area contributed by atoms with Crippen LogP contribution in [0.15, 0.2) is 6.07 Å². The zero-order valence-electron chi connectivity index (χ0n) is 10.1. The Labute approximate surface area is 99.6 Å². The molecule has 1 aromatic heterocycles. The third kappa shape index (κ3) is 2.65. The molecule has 3 nitrogen and oxygen atoms in total. The predicted molar refractivity (Wildman–Crippen MR) is 63.8 cm³/mol. The largest absolute Gasteiger partial charge is 0.381 e. The van der Waals surface area contributed by atoms with E-state index >= 15 is 0 Å². The molecule has 0 unspecified atom stereocenters. The summed E-state index contributed by atoms with van der Waals surface area (Å²) in [4.78, 5) is 5.68. The molecular weight excluding hydrogens is 224 g/mol.